The van der Waals surface area contributed by atoms with Gasteiger partial charge in [-0.05, 0) is 12.8 Å². The van der Waals surface area contributed by atoms with E-state index in [0.29, 0.717) is 0 Å². The predicted octanol–water partition coefficient (Wildman–Crippen LogP) is 1.56. The first-order chi connectivity index (χ1) is 6.38. The molecule has 1 aliphatic rings. The summed E-state index contributed by atoms with van der Waals surface area (Å²) in [6.45, 7) is 0. The molecule has 0 unspecified atom stereocenters. The summed E-state index contributed by atoms with van der Waals surface area (Å²) in [7, 11) is 0. The Morgan fingerprint density at radius 3 is 2.00 bits per heavy atom. The van der Waals surface area contributed by atoms with Gasteiger partial charge in [0.2, 0.25) is 12.2 Å². The molecule has 1 fully saturated rings. The largest absolute Gasteiger partial charge is 0.237 e. The molecule has 0 aromatic heterocycles. The van der Waals surface area contributed by atoms with Crippen molar-refractivity contribution in [3.8, 4) is 0 Å². The summed E-state index contributed by atoms with van der Waals surface area (Å²) in [6, 6.07) is 0. The van der Waals surface area contributed by atoms with E-state index in [9.17, 15) is 9.59 Å². The van der Waals surface area contributed by atoms with E-state index in [0.717, 1.165) is 25.7 Å². The number of hydrogen-bond donors (Lipinski definition) is 0. The zero-order valence-corrected chi connectivity index (χ0v) is 7.40. The van der Waals surface area contributed by atoms with Gasteiger partial charge in [-0.2, -0.15) is 9.98 Å². The minimum absolute atomic E-state index is 0.233. The number of aliphatic imine (C=N–C) groups is 2. The van der Waals surface area contributed by atoms with Crippen LogP contribution in [0, 0.1) is 5.92 Å². The third kappa shape index (κ3) is 2.94. The normalized spacial score (nSPS) is 19.7. The van der Waals surface area contributed by atoms with Crippen molar-refractivity contribution in [3.63, 3.8) is 0 Å². The number of rotatable bonds is 3. The molecule has 0 aromatic rings. The van der Waals surface area contributed by atoms with E-state index in [-0.39, 0.29) is 5.92 Å². The summed E-state index contributed by atoms with van der Waals surface area (Å²) >= 11 is 0. The van der Waals surface area contributed by atoms with E-state index in [1.165, 1.54) is 18.6 Å². The SMILES string of the molecule is O=C=NC(N=C=O)C1CCCCC1. The van der Waals surface area contributed by atoms with Gasteiger partial charge < -0.3 is 0 Å². The summed E-state index contributed by atoms with van der Waals surface area (Å²) < 4.78 is 0. The molecule has 70 valence electrons. The number of hydrogen-bond acceptors (Lipinski definition) is 4. The lowest BCUT2D eigenvalue weighted by Crippen LogP contribution is -2.19. The van der Waals surface area contributed by atoms with Crippen molar-refractivity contribution in [2.45, 2.75) is 38.3 Å². The molecular formula is C9H12N2O2. The summed E-state index contributed by atoms with van der Waals surface area (Å²) in [6.07, 6.45) is 7.83. The average molecular weight is 180 g/mol. The highest BCUT2D eigenvalue weighted by molar-refractivity contribution is 5.37. The van der Waals surface area contributed by atoms with E-state index in [1.807, 2.05) is 0 Å². The van der Waals surface area contributed by atoms with E-state index < -0.39 is 6.17 Å². The van der Waals surface area contributed by atoms with Crippen LogP contribution in [0.1, 0.15) is 32.1 Å². The minimum Gasteiger partial charge on any atom is -0.211 e. The molecule has 1 saturated carbocycles. The van der Waals surface area contributed by atoms with E-state index in [2.05, 4.69) is 9.98 Å². The fraction of sp³-hybridized carbons (Fsp3) is 0.778. The standard InChI is InChI=1S/C9H12N2O2/c12-6-10-9(11-7-13)8-4-2-1-3-5-8/h8-9H,1-5H2. The van der Waals surface area contributed by atoms with Gasteiger partial charge in [-0.25, -0.2) is 9.59 Å². The first kappa shape index (κ1) is 9.85. The molecule has 13 heavy (non-hydrogen) atoms. The highest BCUT2D eigenvalue weighted by Gasteiger charge is 2.22. The number of isocyanates is 2. The maximum atomic E-state index is 10.1. The van der Waals surface area contributed by atoms with Crippen molar-refractivity contribution in [2.75, 3.05) is 0 Å². The molecule has 0 atom stereocenters. The quantitative estimate of drug-likeness (QED) is 0.489. The van der Waals surface area contributed by atoms with Gasteiger partial charge in [0, 0.05) is 5.92 Å². The second-order valence-electron chi connectivity index (χ2n) is 3.25. The Kier molecular flexibility index (Phi) is 4.10. The van der Waals surface area contributed by atoms with E-state index in [4.69, 9.17) is 0 Å². The summed E-state index contributed by atoms with van der Waals surface area (Å²) in [5, 5.41) is 0. The Morgan fingerprint density at radius 2 is 1.54 bits per heavy atom. The predicted molar refractivity (Wildman–Crippen MR) is 46.6 cm³/mol. The van der Waals surface area contributed by atoms with Gasteiger partial charge in [-0.15, -0.1) is 0 Å². The molecule has 0 aliphatic heterocycles. The highest BCUT2D eigenvalue weighted by Crippen LogP contribution is 2.28. The van der Waals surface area contributed by atoms with Crippen LogP contribution in [-0.2, 0) is 9.59 Å². The summed E-state index contributed by atoms with van der Waals surface area (Å²) in [5.41, 5.74) is 0. The van der Waals surface area contributed by atoms with Crippen molar-refractivity contribution >= 4 is 12.2 Å². The lowest BCUT2D eigenvalue weighted by atomic mass is 9.87. The Bertz CT molecular complexity index is 228. The lowest BCUT2D eigenvalue weighted by Gasteiger charge is -2.22. The molecular weight excluding hydrogens is 168 g/mol. The molecule has 1 aliphatic carbocycles. The lowest BCUT2D eigenvalue weighted by molar-refractivity contribution is 0.310. The van der Waals surface area contributed by atoms with Crippen LogP contribution in [0.3, 0.4) is 0 Å². The fourth-order valence-corrected chi connectivity index (χ4v) is 1.78. The molecule has 0 N–H and O–H groups in total. The molecule has 4 heteroatoms. The molecule has 0 bridgehead atoms. The second-order valence-corrected chi connectivity index (χ2v) is 3.25. The molecule has 0 radical (unpaired) electrons. The monoisotopic (exact) mass is 180 g/mol. The Morgan fingerprint density at radius 1 is 1.00 bits per heavy atom. The zero-order chi connectivity index (χ0) is 9.52. The number of carbonyl (C=O) groups excluding carboxylic acids is 2. The van der Waals surface area contributed by atoms with Crippen molar-refractivity contribution in [1.29, 1.82) is 0 Å². The third-order valence-electron chi connectivity index (χ3n) is 2.44. The van der Waals surface area contributed by atoms with Gasteiger partial charge in [0.05, 0.1) is 0 Å². The summed E-state index contributed by atoms with van der Waals surface area (Å²) in [5.74, 6) is 0.233. The Balaban J connectivity index is 2.61. The van der Waals surface area contributed by atoms with Gasteiger partial charge in [0.1, 0.15) is 0 Å². The fourth-order valence-electron chi connectivity index (χ4n) is 1.78. The molecule has 0 aromatic carbocycles. The van der Waals surface area contributed by atoms with Crippen LogP contribution in [0.15, 0.2) is 9.98 Å². The van der Waals surface area contributed by atoms with Crippen molar-refractivity contribution < 1.29 is 9.59 Å². The maximum absolute atomic E-state index is 10.1. The molecule has 0 heterocycles. The second kappa shape index (κ2) is 5.41. The van der Waals surface area contributed by atoms with Crippen LogP contribution in [-0.4, -0.2) is 18.3 Å². The van der Waals surface area contributed by atoms with E-state index >= 15 is 0 Å². The van der Waals surface area contributed by atoms with Gasteiger partial charge >= 0.3 is 0 Å². The average Bonchev–Trinajstić information content (AvgIpc) is 2.19. The molecule has 0 amide bonds. The van der Waals surface area contributed by atoms with Crippen molar-refractivity contribution in [1.82, 2.24) is 0 Å². The first-order valence-corrected chi connectivity index (χ1v) is 4.52. The molecule has 0 saturated heterocycles. The van der Waals surface area contributed by atoms with Crippen LogP contribution >= 0.6 is 0 Å². The third-order valence-corrected chi connectivity index (χ3v) is 2.44. The van der Waals surface area contributed by atoms with Gasteiger partial charge in [0.25, 0.3) is 0 Å². The van der Waals surface area contributed by atoms with Gasteiger partial charge in [0.15, 0.2) is 6.17 Å². The van der Waals surface area contributed by atoms with Gasteiger partial charge in [-0.1, -0.05) is 19.3 Å². The van der Waals surface area contributed by atoms with Crippen LogP contribution in [0.25, 0.3) is 0 Å². The van der Waals surface area contributed by atoms with Crippen LogP contribution in [0.4, 0.5) is 0 Å². The minimum atomic E-state index is -0.532. The van der Waals surface area contributed by atoms with Crippen LogP contribution < -0.4 is 0 Å². The molecule has 4 nitrogen and oxygen atoms in total. The first-order valence-electron chi connectivity index (χ1n) is 4.52. The Hall–Kier alpha value is -1.24. The van der Waals surface area contributed by atoms with Crippen molar-refractivity contribution in [3.05, 3.63) is 0 Å². The van der Waals surface area contributed by atoms with Crippen LogP contribution in [0.5, 0.6) is 0 Å². The topological polar surface area (TPSA) is 58.9 Å². The van der Waals surface area contributed by atoms with Crippen molar-refractivity contribution in [2.24, 2.45) is 15.9 Å². The highest BCUT2D eigenvalue weighted by atomic mass is 16.1. The Labute approximate surface area is 76.8 Å². The van der Waals surface area contributed by atoms with Crippen LogP contribution in [0.2, 0.25) is 0 Å². The molecule has 0 spiro atoms. The summed E-state index contributed by atoms with van der Waals surface area (Å²) in [4.78, 5) is 27.1. The number of nitrogens with zero attached hydrogens (tertiary/aromatic N) is 2. The zero-order valence-electron chi connectivity index (χ0n) is 7.40. The molecule has 1 rings (SSSR count). The van der Waals surface area contributed by atoms with E-state index in [1.54, 1.807) is 0 Å². The maximum Gasteiger partial charge on any atom is 0.237 e. The smallest absolute Gasteiger partial charge is 0.211 e. The van der Waals surface area contributed by atoms with Gasteiger partial charge in [-0.3, -0.25) is 0 Å².